The molecule has 0 bridgehead atoms. The maximum Gasteiger partial charge on any atom is 0.155 e. The summed E-state index contributed by atoms with van der Waals surface area (Å²) in [6, 6.07) is 16.9. The van der Waals surface area contributed by atoms with Gasteiger partial charge < -0.3 is 20.2 Å². The zero-order valence-corrected chi connectivity index (χ0v) is 28.1. The average molecular weight is 605 g/mol. The zero-order chi connectivity index (χ0) is 32.4. The van der Waals surface area contributed by atoms with E-state index in [9.17, 15) is 5.11 Å². The summed E-state index contributed by atoms with van der Waals surface area (Å²) in [5.74, 6) is 0. The van der Waals surface area contributed by atoms with E-state index in [2.05, 4.69) is 86.6 Å². The SMILES string of the molecule is C=C/C(=C\C=C(\C)CC)C(O)(/C(=C/C)N(C)C=C)c1ccc2nc(CNCCN3CCCCC3)cc(-c3cccc(C)c3)c2c1. The molecule has 1 unspecified atom stereocenters. The maximum atomic E-state index is 12.8. The Bertz CT molecular complexity index is 1580. The summed E-state index contributed by atoms with van der Waals surface area (Å²) >= 11 is 0. The van der Waals surface area contributed by atoms with E-state index in [1.165, 1.54) is 43.5 Å². The molecule has 1 saturated heterocycles. The molecule has 1 aliphatic heterocycles. The molecule has 3 aromatic rings. The quantitative estimate of drug-likeness (QED) is 0.143. The highest BCUT2D eigenvalue weighted by Crippen LogP contribution is 2.41. The van der Waals surface area contributed by atoms with Gasteiger partial charge in [0.05, 0.1) is 16.9 Å². The van der Waals surface area contributed by atoms with Gasteiger partial charge in [-0.05, 0) is 99.8 Å². The Morgan fingerprint density at radius 1 is 1.09 bits per heavy atom. The Labute approximate surface area is 271 Å². The second-order valence-electron chi connectivity index (χ2n) is 12.2. The molecule has 0 amide bonds. The summed E-state index contributed by atoms with van der Waals surface area (Å²) in [7, 11) is 1.91. The van der Waals surface area contributed by atoms with E-state index >= 15 is 0 Å². The van der Waals surface area contributed by atoms with Gasteiger partial charge in [-0.25, -0.2) is 0 Å². The Morgan fingerprint density at radius 2 is 1.87 bits per heavy atom. The fourth-order valence-corrected chi connectivity index (χ4v) is 6.20. The van der Waals surface area contributed by atoms with Gasteiger partial charge in [-0.1, -0.05) is 92.3 Å². The molecule has 4 rings (SSSR count). The molecule has 5 heteroatoms. The van der Waals surface area contributed by atoms with Crippen LogP contribution in [0.3, 0.4) is 0 Å². The molecule has 1 atom stereocenters. The van der Waals surface area contributed by atoms with Crippen LogP contribution in [-0.4, -0.2) is 53.1 Å². The van der Waals surface area contributed by atoms with Crippen molar-refractivity contribution in [3.63, 3.8) is 0 Å². The number of hydrogen-bond donors (Lipinski definition) is 2. The Morgan fingerprint density at radius 3 is 2.53 bits per heavy atom. The third kappa shape index (κ3) is 8.09. The molecular formula is C40H52N4O. The highest BCUT2D eigenvalue weighted by molar-refractivity contribution is 5.95. The number of nitrogens with one attached hydrogen (secondary N) is 1. The minimum atomic E-state index is -1.48. The molecule has 1 aromatic heterocycles. The summed E-state index contributed by atoms with van der Waals surface area (Å²) < 4.78 is 0. The molecule has 2 N–H and O–H groups in total. The van der Waals surface area contributed by atoms with Gasteiger partial charge in [0.15, 0.2) is 5.60 Å². The number of likely N-dealkylation sites (tertiary alicyclic amines) is 1. The summed E-state index contributed by atoms with van der Waals surface area (Å²) in [6.45, 7) is 21.5. The van der Waals surface area contributed by atoms with Gasteiger partial charge in [0.1, 0.15) is 0 Å². The maximum absolute atomic E-state index is 12.8. The van der Waals surface area contributed by atoms with E-state index in [1.807, 2.05) is 43.2 Å². The average Bonchev–Trinajstić information content (AvgIpc) is 3.06. The van der Waals surface area contributed by atoms with Crippen molar-refractivity contribution in [3.05, 3.63) is 126 Å². The molecule has 1 aliphatic rings. The van der Waals surface area contributed by atoms with Crippen molar-refractivity contribution in [2.75, 3.05) is 33.2 Å². The Kier molecular flexibility index (Phi) is 12.1. The molecule has 2 heterocycles. The first-order valence-corrected chi connectivity index (χ1v) is 16.4. The summed E-state index contributed by atoms with van der Waals surface area (Å²) in [5.41, 5.74) is 7.22. The number of pyridine rings is 1. The number of piperidine rings is 1. The predicted molar refractivity (Wildman–Crippen MR) is 192 cm³/mol. The highest BCUT2D eigenvalue weighted by Gasteiger charge is 2.38. The highest BCUT2D eigenvalue weighted by atomic mass is 16.3. The normalized spacial score (nSPS) is 16.4. The van der Waals surface area contributed by atoms with Crippen LogP contribution in [0.25, 0.3) is 22.0 Å². The number of fused-ring (bicyclic) bond motifs is 1. The van der Waals surface area contributed by atoms with Crippen LogP contribution < -0.4 is 5.32 Å². The van der Waals surface area contributed by atoms with Crippen LogP contribution in [0, 0.1) is 6.92 Å². The van der Waals surface area contributed by atoms with Gasteiger partial charge in [-0.3, -0.25) is 4.98 Å². The number of nitrogens with zero attached hydrogens (tertiary/aromatic N) is 3. The number of rotatable bonds is 14. The topological polar surface area (TPSA) is 51.6 Å². The van der Waals surface area contributed by atoms with Crippen molar-refractivity contribution in [2.45, 2.75) is 65.5 Å². The second-order valence-corrected chi connectivity index (χ2v) is 12.2. The van der Waals surface area contributed by atoms with Gasteiger partial charge in [0.25, 0.3) is 0 Å². The van der Waals surface area contributed by atoms with Crippen molar-refractivity contribution in [1.82, 2.24) is 20.1 Å². The number of aryl methyl sites for hydroxylation is 1. The molecule has 45 heavy (non-hydrogen) atoms. The Balaban J connectivity index is 1.83. The number of allylic oxidation sites excluding steroid dienone is 4. The molecule has 2 aromatic carbocycles. The van der Waals surface area contributed by atoms with Crippen molar-refractivity contribution in [2.24, 2.45) is 0 Å². The van der Waals surface area contributed by atoms with E-state index in [1.54, 1.807) is 12.3 Å². The lowest BCUT2D eigenvalue weighted by Gasteiger charge is -2.37. The number of aliphatic hydroxyl groups is 1. The van der Waals surface area contributed by atoms with Gasteiger partial charge in [0.2, 0.25) is 0 Å². The summed E-state index contributed by atoms with van der Waals surface area (Å²) in [5, 5.41) is 17.4. The van der Waals surface area contributed by atoms with Crippen molar-refractivity contribution >= 4 is 10.9 Å². The largest absolute Gasteiger partial charge is 0.375 e. The lowest BCUT2D eigenvalue weighted by molar-refractivity contribution is 0.0963. The van der Waals surface area contributed by atoms with Gasteiger partial charge in [-0.2, -0.15) is 0 Å². The first kappa shape index (κ1) is 34.1. The van der Waals surface area contributed by atoms with Crippen LogP contribution in [0.4, 0.5) is 0 Å². The third-order valence-electron chi connectivity index (χ3n) is 9.01. The number of benzene rings is 2. The molecular weight excluding hydrogens is 552 g/mol. The summed E-state index contributed by atoms with van der Waals surface area (Å²) in [4.78, 5) is 9.53. The van der Waals surface area contributed by atoms with E-state index in [0.29, 0.717) is 17.8 Å². The smallest absolute Gasteiger partial charge is 0.155 e. The number of hydrogen-bond acceptors (Lipinski definition) is 5. The second kappa shape index (κ2) is 16.0. The van der Waals surface area contributed by atoms with E-state index in [0.717, 1.165) is 52.8 Å². The third-order valence-corrected chi connectivity index (χ3v) is 9.01. The monoisotopic (exact) mass is 604 g/mol. The minimum Gasteiger partial charge on any atom is -0.375 e. The van der Waals surface area contributed by atoms with Gasteiger partial charge in [-0.15, -0.1) is 0 Å². The zero-order valence-electron chi connectivity index (χ0n) is 28.1. The molecule has 0 spiro atoms. The lowest BCUT2D eigenvalue weighted by Crippen LogP contribution is -2.36. The van der Waals surface area contributed by atoms with E-state index in [-0.39, 0.29) is 0 Å². The molecule has 5 nitrogen and oxygen atoms in total. The number of likely N-dealkylation sites (N-methyl/N-ethyl adjacent to an activating group) is 1. The first-order chi connectivity index (χ1) is 21.7. The molecule has 0 radical (unpaired) electrons. The molecule has 1 fully saturated rings. The summed E-state index contributed by atoms with van der Waals surface area (Å²) in [6.07, 6.45) is 14.4. The standard InChI is InChI=1S/C40H52N4O/c1-8-30(5)18-19-33(9-2)40(45,39(10-3)43(7)11-4)34-20-21-38-37(27-34)36(32-17-15-16-31(6)26-32)28-35(42-38)29-41-22-25-44-23-13-12-14-24-44/h9-11,15-21,26-28,41,45H,2,4,8,12-14,22-25,29H2,1,3,5-7H3/b30-18-,33-19+,39-10-. The van der Waals surface area contributed by atoms with Crippen LogP contribution in [0.5, 0.6) is 0 Å². The van der Waals surface area contributed by atoms with Gasteiger partial charge in [0, 0.05) is 32.1 Å². The molecule has 238 valence electrons. The van der Waals surface area contributed by atoms with Crippen LogP contribution in [0.2, 0.25) is 0 Å². The van der Waals surface area contributed by atoms with Crippen LogP contribution >= 0.6 is 0 Å². The van der Waals surface area contributed by atoms with E-state index in [4.69, 9.17) is 4.98 Å². The molecule has 0 saturated carbocycles. The molecule has 0 aliphatic carbocycles. The van der Waals surface area contributed by atoms with Gasteiger partial charge >= 0.3 is 0 Å². The minimum absolute atomic E-state index is 0.691. The van der Waals surface area contributed by atoms with E-state index < -0.39 is 5.60 Å². The van der Waals surface area contributed by atoms with Crippen LogP contribution in [0.15, 0.2) is 109 Å². The van der Waals surface area contributed by atoms with Crippen molar-refractivity contribution < 1.29 is 5.11 Å². The lowest BCUT2D eigenvalue weighted by atomic mass is 9.80. The number of aromatic nitrogens is 1. The van der Waals surface area contributed by atoms with Crippen molar-refractivity contribution in [3.8, 4) is 11.1 Å². The van der Waals surface area contributed by atoms with Crippen LogP contribution in [-0.2, 0) is 12.1 Å². The van der Waals surface area contributed by atoms with Crippen molar-refractivity contribution in [1.29, 1.82) is 0 Å². The Hall–Kier alpha value is -3.77. The predicted octanol–water partition coefficient (Wildman–Crippen LogP) is 8.42. The fourth-order valence-electron chi connectivity index (χ4n) is 6.20. The van der Waals surface area contributed by atoms with Crippen LogP contribution in [0.1, 0.15) is 63.3 Å². The first-order valence-electron chi connectivity index (χ1n) is 16.4. The fraction of sp³-hybridized carbons (Fsp3) is 0.375.